The van der Waals surface area contributed by atoms with Crippen molar-refractivity contribution >= 4 is 34.7 Å². The zero-order valence-corrected chi connectivity index (χ0v) is 15.8. The van der Waals surface area contributed by atoms with E-state index in [0.29, 0.717) is 22.2 Å². The minimum absolute atomic E-state index is 0.0496. The maximum Gasteiger partial charge on any atom is 0.290 e. The molecule has 2 aromatic rings. The number of pyridine rings is 1. The molecule has 0 bridgehead atoms. The standard InChI is InChI=1S/C18H19Cl2N3O3/c1-12-8-18(21-10-17(12)23(24)25)22-6-4-14(5-7-22)26-11-13-2-3-15(19)16(20)9-13/h2-3,8-10,14H,4-7,11H2,1H3. The number of rotatable bonds is 5. The van der Waals surface area contributed by atoms with Gasteiger partial charge in [-0.05, 0) is 43.5 Å². The molecule has 0 atom stereocenters. The summed E-state index contributed by atoms with van der Waals surface area (Å²) in [4.78, 5) is 16.9. The van der Waals surface area contributed by atoms with Gasteiger partial charge in [0.05, 0.1) is 27.7 Å². The maximum atomic E-state index is 10.9. The summed E-state index contributed by atoms with van der Waals surface area (Å²) in [5.74, 6) is 0.774. The van der Waals surface area contributed by atoms with Crippen molar-refractivity contribution < 1.29 is 9.66 Å². The van der Waals surface area contributed by atoms with E-state index in [1.165, 1.54) is 6.20 Å². The summed E-state index contributed by atoms with van der Waals surface area (Å²) >= 11 is 11.9. The van der Waals surface area contributed by atoms with Crippen molar-refractivity contribution in [2.24, 2.45) is 0 Å². The van der Waals surface area contributed by atoms with Gasteiger partial charge in [-0.15, -0.1) is 0 Å². The summed E-state index contributed by atoms with van der Waals surface area (Å²) in [5, 5.41) is 12.0. The van der Waals surface area contributed by atoms with Gasteiger partial charge in [0.25, 0.3) is 5.69 Å². The van der Waals surface area contributed by atoms with Gasteiger partial charge in [-0.2, -0.15) is 0 Å². The lowest BCUT2D eigenvalue weighted by Crippen LogP contribution is -2.37. The lowest BCUT2D eigenvalue weighted by molar-refractivity contribution is -0.385. The molecule has 1 aliphatic rings. The highest BCUT2D eigenvalue weighted by Gasteiger charge is 2.22. The first kappa shape index (κ1) is 18.9. The summed E-state index contributed by atoms with van der Waals surface area (Å²) < 4.78 is 5.98. The van der Waals surface area contributed by atoms with Gasteiger partial charge in [0.15, 0.2) is 0 Å². The highest BCUT2D eigenvalue weighted by atomic mass is 35.5. The molecule has 0 spiro atoms. The molecular weight excluding hydrogens is 377 g/mol. The van der Waals surface area contributed by atoms with Gasteiger partial charge in [-0.3, -0.25) is 10.1 Å². The Bertz CT molecular complexity index is 808. The number of anilines is 1. The van der Waals surface area contributed by atoms with Gasteiger partial charge in [0.1, 0.15) is 12.0 Å². The zero-order chi connectivity index (χ0) is 18.7. The van der Waals surface area contributed by atoms with Crippen molar-refractivity contribution in [3.05, 3.63) is 61.7 Å². The van der Waals surface area contributed by atoms with Crippen LogP contribution in [-0.4, -0.2) is 29.1 Å². The minimum Gasteiger partial charge on any atom is -0.373 e. The normalized spacial score (nSPS) is 15.3. The van der Waals surface area contributed by atoms with Crippen LogP contribution in [0, 0.1) is 17.0 Å². The molecule has 0 radical (unpaired) electrons. The third kappa shape index (κ3) is 4.44. The highest BCUT2D eigenvalue weighted by molar-refractivity contribution is 6.42. The molecule has 1 aliphatic heterocycles. The molecular formula is C18H19Cl2N3O3. The van der Waals surface area contributed by atoms with E-state index >= 15 is 0 Å². The van der Waals surface area contributed by atoms with Crippen LogP contribution in [0.5, 0.6) is 0 Å². The smallest absolute Gasteiger partial charge is 0.290 e. The second kappa shape index (κ2) is 8.20. The number of hydrogen-bond donors (Lipinski definition) is 0. The SMILES string of the molecule is Cc1cc(N2CCC(OCc3ccc(Cl)c(Cl)c3)CC2)ncc1[N+](=O)[O-]. The Labute approximate surface area is 161 Å². The Morgan fingerprint density at radius 2 is 2.00 bits per heavy atom. The molecule has 3 rings (SSSR count). The maximum absolute atomic E-state index is 10.9. The van der Waals surface area contributed by atoms with Gasteiger partial charge < -0.3 is 9.64 Å². The number of hydrogen-bond acceptors (Lipinski definition) is 5. The molecule has 0 unspecified atom stereocenters. The second-order valence-electron chi connectivity index (χ2n) is 6.33. The lowest BCUT2D eigenvalue weighted by atomic mass is 10.1. The molecule has 26 heavy (non-hydrogen) atoms. The number of nitrogens with zero attached hydrogens (tertiary/aromatic N) is 3. The number of benzene rings is 1. The van der Waals surface area contributed by atoms with Crippen LogP contribution in [0.25, 0.3) is 0 Å². The number of halogens is 2. The number of aryl methyl sites for hydroxylation is 1. The Morgan fingerprint density at radius 1 is 1.27 bits per heavy atom. The van der Waals surface area contributed by atoms with Crippen LogP contribution in [0.4, 0.5) is 11.5 Å². The highest BCUT2D eigenvalue weighted by Crippen LogP contribution is 2.26. The number of aromatic nitrogens is 1. The zero-order valence-electron chi connectivity index (χ0n) is 14.3. The molecule has 0 aliphatic carbocycles. The monoisotopic (exact) mass is 395 g/mol. The molecule has 0 saturated carbocycles. The van der Waals surface area contributed by atoms with Crippen LogP contribution >= 0.6 is 23.2 Å². The van der Waals surface area contributed by atoms with Crippen LogP contribution < -0.4 is 4.90 Å². The Morgan fingerprint density at radius 3 is 2.62 bits per heavy atom. The first-order valence-electron chi connectivity index (χ1n) is 8.35. The first-order chi connectivity index (χ1) is 12.4. The third-order valence-electron chi connectivity index (χ3n) is 4.50. The summed E-state index contributed by atoms with van der Waals surface area (Å²) in [6.45, 7) is 3.83. The quantitative estimate of drug-likeness (QED) is 0.537. The van der Waals surface area contributed by atoms with Crippen molar-refractivity contribution in [2.45, 2.75) is 32.5 Å². The van der Waals surface area contributed by atoms with E-state index in [9.17, 15) is 10.1 Å². The second-order valence-corrected chi connectivity index (χ2v) is 7.15. The van der Waals surface area contributed by atoms with Gasteiger partial charge in [-0.25, -0.2) is 4.98 Å². The molecule has 138 valence electrons. The summed E-state index contributed by atoms with van der Waals surface area (Å²) in [7, 11) is 0. The van der Waals surface area contributed by atoms with E-state index in [-0.39, 0.29) is 11.8 Å². The Balaban J connectivity index is 1.53. The van der Waals surface area contributed by atoms with Gasteiger partial charge >= 0.3 is 0 Å². The molecule has 0 amide bonds. The van der Waals surface area contributed by atoms with E-state index < -0.39 is 4.92 Å². The Kier molecular flexibility index (Phi) is 5.96. The van der Waals surface area contributed by atoms with Crippen molar-refractivity contribution in [1.29, 1.82) is 0 Å². The fourth-order valence-corrected chi connectivity index (χ4v) is 3.31. The third-order valence-corrected chi connectivity index (χ3v) is 5.24. The van der Waals surface area contributed by atoms with Gasteiger partial charge in [0, 0.05) is 18.7 Å². The van der Waals surface area contributed by atoms with Crippen LogP contribution in [-0.2, 0) is 11.3 Å². The van der Waals surface area contributed by atoms with E-state index in [0.717, 1.165) is 37.3 Å². The van der Waals surface area contributed by atoms with Crippen molar-refractivity contribution in [3.63, 3.8) is 0 Å². The Hall–Kier alpha value is -1.89. The molecule has 1 aromatic carbocycles. The van der Waals surface area contributed by atoms with Crippen LogP contribution in [0.3, 0.4) is 0 Å². The molecule has 0 N–H and O–H groups in total. The fraction of sp³-hybridized carbons (Fsp3) is 0.389. The van der Waals surface area contributed by atoms with E-state index in [1.807, 2.05) is 12.1 Å². The molecule has 1 saturated heterocycles. The van der Waals surface area contributed by atoms with E-state index in [4.69, 9.17) is 27.9 Å². The van der Waals surface area contributed by atoms with Crippen molar-refractivity contribution in [2.75, 3.05) is 18.0 Å². The van der Waals surface area contributed by atoms with Crippen molar-refractivity contribution in [1.82, 2.24) is 4.98 Å². The minimum atomic E-state index is -0.408. The average Bonchev–Trinajstić information content (AvgIpc) is 2.63. The predicted octanol–water partition coefficient (Wildman–Crippen LogP) is 4.79. The number of ether oxygens (including phenoxy) is 1. The van der Waals surface area contributed by atoms with Crippen molar-refractivity contribution in [3.8, 4) is 0 Å². The van der Waals surface area contributed by atoms with Crippen LogP contribution in [0.2, 0.25) is 10.0 Å². The number of nitro groups is 1. The van der Waals surface area contributed by atoms with E-state index in [1.54, 1.807) is 19.1 Å². The summed E-state index contributed by atoms with van der Waals surface area (Å²) in [5.41, 5.74) is 1.67. The lowest BCUT2D eigenvalue weighted by Gasteiger charge is -2.32. The topological polar surface area (TPSA) is 68.5 Å². The molecule has 6 nitrogen and oxygen atoms in total. The molecule has 1 fully saturated rings. The summed E-state index contributed by atoms with van der Waals surface area (Å²) in [6.07, 6.45) is 3.25. The summed E-state index contributed by atoms with van der Waals surface area (Å²) in [6, 6.07) is 7.28. The first-order valence-corrected chi connectivity index (χ1v) is 9.11. The van der Waals surface area contributed by atoms with Crippen LogP contribution in [0.15, 0.2) is 30.5 Å². The largest absolute Gasteiger partial charge is 0.373 e. The average molecular weight is 396 g/mol. The van der Waals surface area contributed by atoms with Crippen LogP contribution in [0.1, 0.15) is 24.0 Å². The van der Waals surface area contributed by atoms with Gasteiger partial charge in [-0.1, -0.05) is 29.3 Å². The number of piperidine rings is 1. The van der Waals surface area contributed by atoms with Gasteiger partial charge in [0.2, 0.25) is 0 Å². The molecule has 8 heteroatoms. The fourth-order valence-electron chi connectivity index (χ4n) is 2.99. The predicted molar refractivity (Wildman–Crippen MR) is 102 cm³/mol. The molecule has 1 aromatic heterocycles. The molecule has 2 heterocycles. The van der Waals surface area contributed by atoms with E-state index in [2.05, 4.69) is 9.88 Å².